The van der Waals surface area contributed by atoms with Crippen molar-refractivity contribution in [3.05, 3.63) is 26.6 Å². The van der Waals surface area contributed by atoms with E-state index in [1.165, 1.54) is 9.44 Å². The first-order valence-electron chi connectivity index (χ1n) is 9.38. The second-order valence-electron chi connectivity index (χ2n) is 8.87. The van der Waals surface area contributed by atoms with Gasteiger partial charge in [0.2, 0.25) is 5.91 Å². The lowest BCUT2D eigenvalue weighted by Gasteiger charge is -2.33. The van der Waals surface area contributed by atoms with Crippen LogP contribution >= 0.6 is 11.3 Å². The molecule has 0 aliphatic heterocycles. The molecule has 0 saturated carbocycles. The van der Waals surface area contributed by atoms with Crippen LogP contribution in [0.3, 0.4) is 0 Å². The van der Waals surface area contributed by atoms with Crippen LogP contribution in [0.25, 0.3) is 10.2 Å². The summed E-state index contributed by atoms with van der Waals surface area (Å²) >= 11 is 1.65. The van der Waals surface area contributed by atoms with Gasteiger partial charge in [0.1, 0.15) is 16.7 Å². The van der Waals surface area contributed by atoms with Gasteiger partial charge in [0, 0.05) is 10.8 Å². The molecule has 0 radical (unpaired) electrons. The first-order valence-corrected chi connectivity index (χ1v) is 10.2. The molecule has 1 amide bonds. The SMILES string of the molecule is CC(C)c1nc2sc3c(c2c(=O)n1C(C)C(N)=O)CCC(C(C)(C)C)C3. The fourth-order valence-corrected chi connectivity index (χ4v) is 5.20. The van der Waals surface area contributed by atoms with Crippen molar-refractivity contribution in [3.63, 3.8) is 0 Å². The van der Waals surface area contributed by atoms with E-state index in [1.807, 2.05) is 13.8 Å². The van der Waals surface area contributed by atoms with E-state index < -0.39 is 11.9 Å². The van der Waals surface area contributed by atoms with Crippen LogP contribution in [-0.2, 0) is 17.6 Å². The van der Waals surface area contributed by atoms with Crippen LogP contribution in [0, 0.1) is 11.3 Å². The Bertz CT molecular complexity index is 918. The zero-order valence-electron chi connectivity index (χ0n) is 16.5. The number of fused-ring (bicyclic) bond motifs is 3. The largest absolute Gasteiger partial charge is 0.368 e. The van der Waals surface area contributed by atoms with Crippen LogP contribution in [0.15, 0.2) is 4.79 Å². The minimum atomic E-state index is -0.696. The van der Waals surface area contributed by atoms with Gasteiger partial charge in [-0.3, -0.25) is 14.2 Å². The number of primary amides is 1. The van der Waals surface area contributed by atoms with Gasteiger partial charge in [-0.15, -0.1) is 11.3 Å². The fourth-order valence-electron chi connectivity index (χ4n) is 3.90. The molecule has 5 nitrogen and oxygen atoms in total. The maximum Gasteiger partial charge on any atom is 0.263 e. The fraction of sp³-hybridized carbons (Fsp3) is 0.650. The Morgan fingerprint density at radius 2 is 1.96 bits per heavy atom. The number of nitrogens with two attached hydrogens (primary N) is 1. The van der Waals surface area contributed by atoms with Crippen LogP contribution in [0.1, 0.15) is 76.2 Å². The molecule has 1 aliphatic carbocycles. The molecule has 0 spiro atoms. The molecule has 2 N–H and O–H groups in total. The van der Waals surface area contributed by atoms with Crippen LogP contribution in [0.5, 0.6) is 0 Å². The molecule has 0 aromatic carbocycles. The number of amides is 1. The van der Waals surface area contributed by atoms with Crippen molar-refractivity contribution in [3.8, 4) is 0 Å². The molecule has 2 unspecified atom stereocenters. The predicted molar refractivity (Wildman–Crippen MR) is 107 cm³/mol. The number of aryl methyl sites for hydroxylation is 1. The Kier molecular flexibility index (Phi) is 4.76. The zero-order valence-corrected chi connectivity index (χ0v) is 17.4. The zero-order chi connectivity index (χ0) is 19.4. The van der Waals surface area contributed by atoms with Gasteiger partial charge < -0.3 is 5.73 Å². The lowest BCUT2D eigenvalue weighted by Crippen LogP contribution is -2.35. The minimum Gasteiger partial charge on any atom is -0.368 e. The lowest BCUT2D eigenvalue weighted by molar-refractivity contribution is -0.120. The normalized spacial score (nSPS) is 19.0. The molecule has 142 valence electrons. The number of rotatable bonds is 3. The monoisotopic (exact) mass is 375 g/mol. The molecule has 0 saturated heterocycles. The quantitative estimate of drug-likeness (QED) is 0.887. The molecule has 2 aromatic rings. The second kappa shape index (κ2) is 6.48. The first-order chi connectivity index (χ1) is 12.0. The van der Waals surface area contributed by atoms with Crippen LogP contribution in [-0.4, -0.2) is 15.5 Å². The average molecular weight is 376 g/mol. The van der Waals surface area contributed by atoms with Crippen molar-refractivity contribution in [2.24, 2.45) is 17.1 Å². The summed E-state index contributed by atoms with van der Waals surface area (Å²) in [5, 5.41) is 0.704. The summed E-state index contributed by atoms with van der Waals surface area (Å²) in [6.45, 7) is 12.5. The molecule has 2 heterocycles. The van der Waals surface area contributed by atoms with E-state index in [1.54, 1.807) is 18.3 Å². The van der Waals surface area contributed by atoms with E-state index in [9.17, 15) is 9.59 Å². The van der Waals surface area contributed by atoms with E-state index in [4.69, 9.17) is 10.7 Å². The third-order valence-electron chi connectivity index (χ3n) is 5.68. The summed E-state index contributed by atoms with van der Waals surface area (Å²) in [6.07, 6.45) is 2.99. The number of carbonyl (C=O) groups excluding carboxylic acids is 1. The number of nitrogens with zero attached hydrogens (tertiary/aromatic N) is 2. The van der Waals surface area contributed by atoms with Crippen molar-refractivity contribution in [2.45, 2.75) is 72.8 Å². The number of thiophene rings is 1. The highest BCUT2D eigenvalue weighted by atomic mass is 32.1. The smallest absolute Gasteiger partial charge is 0.263 e. The molecule has 3 rings (SSSR count). The predicted octanol–water partition coefficient (Wildman–Crippen LogP) is 3.78. The summed E-state index contributed by atoms with van der Waals surface area (Å²) in [6, 6.07) is -0.696. The Morgan fingerprint density at radius 1 is 1.31 bits per heavy atom. The molecular weight excluding hydrogens is 346 g/mol. The highest BCUT2D eigenvalue weighted by Gasteiger charge is 2.33. The summed E-state index contributed by atoms with van der Waals surface area (Å²) < 4.78 is 1.51. The Morgan fingerprint density at radius 3 is 2.50 bits per heavy atom. The molecule has 0 fully saturated rings. The first kappa shape index (κ1) is 19.1. The van der Waals surface area contributed by atoms with Gasteiger partial charge in [-0.1, -0.05) is 34.6 Å². The van der Waals surface area contributed by atoms with Gasteiger partial charge in [-0.05, 0) is 43.1 Å². The van der Waals surface area contributed by atoms with Crippen LogP contribution < -0.4 is 11.3 Å². The summed E-state index contributed by atoms with van der Waals surface area (Å²) in [7, 11) is 0. The van der Waals surface area contributed by atoms with Gasteiger partial charge in [-0.2, -0.15) is 0 Å². The Labute approximate surface area is 158 Å². The molecule has 2 aromatic heterocycles. The molecule has 0 bridgehead atoms. The number of hydrogen-bond donors (Lipinski definition) is 1. The van der Waals surface area contributed by atoms with Crippen molar-refractivity contribution >= 4 is 27.5 Å². The number of hydrogen-bond acceptors (Lipinski definition) is 4. The van der Waals surface area contributed by atoms with Crippen molar-refractivity contribution in [1.82, 2.24) is 9.55 Å². The Hall–Kier alpha value is -1.69. The highest BCUT2D eigenvalue weighted by Crippen LogP contribution is 2.42. The third kappa shape index (κ3) is 3.08. The third-order valence-corrected chi connectivity index (χ3v) is 6.83. The second-order valence-corrected chi connectivity index (χ2v) is 9.95. The molecule has 2 atom stereocenters. The van der Waals surface area contributed by atoms with E-state index >= 15 is 0 Å². The molecular formula is C20H29N3O2S. The van der Waals surface area contributed by atoms with Crippen molar-refractivity contribution in [2.75, 3.05) is 0 Å². The topological polar surface area (TPSA) is 78.0 Å². The van der Waals surface area contributed by atoms with Crippen LogP contribution in [0.2, 0.25) is 0 Å². The maximum absolute atomic E-state index is 13.3. The highest BCUT2D eigenvalue weighted by molar-refractivity contribution is 7.18. The van der Waals surface area contributed by atoms with E-state index in [2.05, 4.69) is 20.8 Å². The summed E-state index contributed by atoms with van der Waals surface area (Å²) in [5.74, 6) is 0.779. The minimum absolute atomic E-state index is 0.0374. The Balaban J connectivity index is 2.23. The maximum atomic E-state index is 13.3. The molecule has 6 heteroatoms. The number of aromatic nitrogens is 2. The summed E-state index contributed by atoms with van der Waals surface area (Å²) in [5.41, 5.74) is 6.79. The average Bonchev–Trinajstić information content (AvgIpc) is 2.90. The molecule has 26 heavy (non-hydrogen) atoms. The summed E-state index contributed by atoms with van der Waals surface area (Å²) in [4.78, 5) is 32.0. The standard InChI is InChI=1S/C20H29N3O2S/c1-10(2)17-22-18-15(19(25)23(17)11(3)16(21)24)13-8-7-12(20(4,5)6)9-14(13)26-18/h10-12H,7-9H2,1-6H3,(H2,21,24). The van der Waals surface area contributed by atoms with E-state index in [0.717, 1.165) is 29.7 Å². The van der Waals surface area contributed by atoms with Crippen LogP contribution in [0.4, 0.5) is 0 Å². The lowest BCUT2D eigenvalue weighted by atomic mass is 9.72. The van der Waals surface area contributed by atoms with Gasteiger partial charge in [0.15, 0.2) is 0 Å². The van der Waals surface area contributed by atoms with Gasteiger partial charge in [0.25, 0.3) is 5.56 Å². The van der Waals surface area contributed by atoms with E-state index in [0.29, 0.717) is 17.1 Å². The number of carbonyl (C=O) groups is 1. The van der Waals surface area contributed by atoms with E-state index in [-0.39, 0.29) is 16.9 Å². The van der Waals surface area contributed by atoms with Gasteiger partial charge in [0.05, 0.1) is 5.39 Å². The van der Waals surface area contributed by atoms with Gasteiger partial charge in [-0.25, -0.2) is 4.98 Å². The van der Waals surface area contributed by atoms with Crippen molar-refractivity contribution < 1.29 is 4.79 Å². The van der Waals surface area contributed by atoms with Gasteiger partial charge >= 0.3 is 0 Å². The van der Waals surface area contributed by atoms with Crippen molar-refractivity contribution in [1.29, 1.82) is 0 Å². The molecule has 1 aliphatic rings.